The van der Waals surface area contributed by atoms with Crippen LogP contribution in [0.5, 0.6) is 0 Å². The number of ether oxygens (including phenoxy) is 1. The van der Waals surface area contributed by atoms with Crippen LogP contribution in [0.25, 0.3) is 0 Å². The Kier molecular flexibility index (Phi) is 2.50. The first-order chi connectivity index (χ1) is 4.33. The second-order valence-electron chi connectivity index (χ2n) is 1.90. The summed E-state index contributed by atoms with van der Waals surface area (Å²) in [6, 6.07) is 0. The molecule has 0 saturated carbocycles. The first-order valence-electron chi connectivity index (χ1n) is 2.83. The van der Waals surface area contributed by atoms with E-state index in [4.69, 9.17) is 4.74 Å². The third-order valence-corrected chi connectivity index (χ3v) is 1.87. The molecule has 1 saturated heterocycles. The van der Waals surface area contributed by atoms with Crippen molar-refractivity contribution in [1.29, 1.82) is 0 Å². The summed E-state index contributed by atoms with van der Waals surface area (Å²) in [5.41, 5.74) is 0. The van der Waals surface area contributed by atoms with E-state index in [2.05, 4.69) is 22.6 Å². The van der Waals surface area contributed by atoms with Crippen molar-refractivity contribution in [3.05, 3.63) is 9.84 Å². The van der Waals surface area contributed by atoms with Gasteiger partial charge in [0.05, 0.1) is 0 Å². The number of esters is 1. The van der Waals surface area contributed by atoms with Crippen molar-refractivity contribution in [2.24, 2.45) is 0 Å². The predicted molar refractivity (Wildman–Crippen MR) is 42.0 cm³/mol. The minimum atomic E-state index is -0.0934. The normalized spacial score (nSPS) is 24.1. The van der Waals surface area contributed by atoms with Crippen molar-refractivity contribution in [2.75, 3.05) is 0 Å². The van der Waals surface area contributed by atoms with Crippen molar-refractivity contribution >= 4 is 28.6 Å². The van der Waals surface area contributed by atoms with E-state index in [9.17, 15) is 4.79 Å². The molecule has 3 heteroatoms. The molecule has 0 spiro atoms. The summed E-state index contributed by atoms with van der Waals surface area (Å²) in [7, 11) is 0. The fourth-order valence-corrected chi connectivity index (χ4v) is 1.17. The summed E-state index contributed by atoms with van der Waals surface area (Å²) < 4.78 is 6.66. The van der Waals surface area contributed by atoms with Gasteiger partial charge in [-0.25, -0.2) is 0 Å². The van der Waals surface area contributed by atoms with Crippen LogP contribution in [0.1, 0.15) is 19.3 Å². The van der Waals surface area contributed by atoms with E-state index in [1.165, 1.54) is 0 Å². The van der Waals surface area contributed by atoms with Crippen LogP contribution < -0.4 is 0 Å². The molecule has 9 heavy (non-hydrogen) atoms. The maximum absolute atomic E-state index is 10.6. The number of halogens is 1. The first kappa shape index (κ1) is 7.05. The minimum absolute atomic E-state index is 0.0934. The highest BCUT2D eigenvalue weighted by molar-refractivity contribution is 14.1. The van der Waals surface area contributed by atoms with Crippen LogP contribution in [0.2, 0.25) is 0 Å². The average molecular weight is 238 g/mol. The van der Waals surface area contributed by atoms with Crippen LogP contribution in [0.15, 0.2) is 9.84 Å². The summed E-state index contributed by atoms with van der Waals surface area (Å²) in [6.45, 7) is 0. The van der Waals surface area contributed by atoms with Gasteiger partial charge in [-0.05, 0) is 29.0 Å². The number of cyclic esters (lactones) is 1. The van der Waals surface area contributed by atoms with Gasteiger partial charge in [0.1, 0.15) is 5.76 Å². The molecular formula is C6H7IO2. The molecule has 0 N–H and O–H groups in total. The van der Waals surface area contributed by atoms with Gasteiger partial charge in [0.2, 0.25) is 0 Å². The second kappa shape index (κ2) is 3.20. The molecule has 1 heterocycles. The summed E-state index contributed by atoms with van der Waals surface area (Å²) in [5, 5.41) is 0. The molecule has 0 aromatic rings. The molecule has 0 atom stereocenters. The number of carbonyl (C=O) groups excluding carboxylic acids is 1. The average Bonchev–Trinajstić information content (AvgIpc) is 1.88. The SMILES string of the molecule is O=C1CCC/C(=C/I)O1. The Bertz CT molecular complexity index is 151. The predicted octanol–water partition coefficient (Wildman–Crippen LogP) is 1.99. The number of rotatable bonds is 0. The Morgan fingerprint density at radius 3 is 2.78 bits per heavy atom. The molecule has 1 aliphatic rings. The molecule has 1 aliphatic heterocycles. The fourth-order valence-electron chi connectivity index (χ4n) is 0.732. The van der Waals surface area contributed by atoms with Crippen LogP contribution in [0.4, 0.5) is 0 Å². The van der Waals surface area contributed by atoms with Crippen LogP contribution in [-0.4, -0.2) is 5.97 Å². The van der Waals surface area contributed by atoms with E-state index in [0.717, 1.165) is 18.6 Å². The van der Waals surface area contributed by atoms with Crippen LogP contribution in [-0.2, 0) is 9.53 Å². The van der Waals surface area contributed by atoms with Gasteiger partial charge in [-0.15, -0.1) is 0 Å². The number of hydrogen-bond acceptors (Lipinski definition) is 2. The highest BCUT2D eigenvalue weighted by atomic mass is 127. The first-order valence-corrected chi connectivity index (χ1v) is 4.07. The van der Waals surface area contributed by atoms with Gasteiger partial charge in [-0.1, -0.05) is 0 Å². The summed E-state index contributed by atoms with van der Waals surface area (Å²) in [6.07, 6.45) is 2.43. The Morgan fingerprint density at radius 2 is 2.33 bits per heavy atom. The van der Waals surface area contributed by atoms with E-state index < -0.39 is 0 Å². The van der Waals surface area contributed by atoms with Crippen molar-refractivity contribution in [3.8, 4) is 0 Å². The zero-order chi connectivity index (χ0) is 6.69. The standard InChI is InChI=1S/C6H7IO2/c7-4-5-2-1-3-6(8)9-5/h4H,1-3H2/b5-4-. The largest absolute Gasteiger partial charge is 0.431 e. The van der Waals surface area contributed by atoms with Crippen molar-refractivity contribution in [1.82, 2.24) is 0 Å². The van der Waals surface area contributed by atoms with Gasteiger partial charge in [0.15, 0.2) is 0 Å². The van der Waals surface area contributed by atoms with E-state index in [0.29, 0.717) is 6.42 Å². The lowest BCUT2D eigenvalue weighted by Gasteiger charge is -2.12. The smallest absolute Gasteiger partial charge is 0.310 e. The van der Waals surface area contributed by atoms with Crippen molar-refractivity contribution in [3.63, 3.8) is 0 Å². The summed E-state index contributed by atoms with van der Waals surface area (Å²) in [4.78, 5) is 10.6. The molecule has 0 aliphatic carbocycles. The van der Waals surface area contributed by atoms with E-state index >= 15 is 0 Å². The molecule has 2 nitrogen and oxygen atoms in total. The van der Waals surface area contributed by atoms with E-state index in [1.807, 2.05) is 4.08 Å². The Balaban J connectivity index is 2.51. The Morgan fingerprint density at radius 1 is 1.56 bits per heavy atom. The molecule has 0 aromatic carbocycles. The lowest BCUT2D eigenvalue weighted by molar-refractivity contribution is -0.141. The van der Waals surface area contributed by atoms with Crippen LogP contribution in [0, 0.1) is 0 Å². The molecule has 0 radical (unpaired) electrons. The second-order valence-corrected chi connectivity index (χ2v) is 2.53. The van der Waals surface area contributed by atoms with E-state index in [-0.39, 0.29) is 5.97 Å². The highest BCUT2D eigenvalue weighted by Crippen LogP contribution is 2.18. The summed E-state index contributed by atoms with van der Waals surface area (Å²) in [5.74, 6) is 0.719. The molecule has 0 unspecified atom stereocenters. The topological polar surface area (TPSA) is 26.3 Å². The third kappa shape index (κ3) is 1.97. The van der Waals surface area contributed by atoms with Crippen LogP contribution in [0.3, 0.4) is 0 Å². The van der Waals surface area contributed by atoms with Gasteiger partial charge in [-0.2, -0.15) is 0 Å². The quantitative estimate of drug-likeness (QED) is 0.476. The molecule has 0 aromatic heterocycles. The molecule has 50 valence electrons. The zero-order valence-electron chi connectivity index (χ0n) is 4.89. The molecule has 0 bridgehead atoms. The van der Waals surface area contributed by atoms with Gasteiger partial charge in [0, 0.05) is 16.9 Å². The van der Waals surface area contributed by atoms with Gasteiger partial charge in [-0.3, -0.25) is 4.79 Å². The lowest BCUT2D eigenvalue weighted by Crippen LogP contribution is -2.09. The summed E-state index contributed by atoms with van der Waals surface area (Å²) >= 11 is 2.08. The Labute approximate surface area is 67.4 Å². The fraction of sp³-hybridized carbons (Fsp3) is 0.500. The van der Waals surface area contributed by atoms with E-state index in [1.54, 1.807) is 0 Å². The number of carbonyl (C=O) groups is 1. The van der Waals surface area contributed by atoms with Crippen molar-refractivity contribution < 1.29 is 9.53 Å². The molecule has 0 amide bonds. The molecule has 1 rings (SSSR count). The molecular weight excluding hydrogens is 231 g/mol. The van der Waals surface area contributed by atoms with Gasteiger partial charge < -0.3 is 4.74 Å². The number of hydrogen-bond donors (Lipinski definition) is 0. The van der Waals surface area contributed by atoms with Gasteiger partial charge >= 0.3 is 5.97 Å². The third-order valence-electron chi connectivity index (χ3n) is 1.17. The van der Waals surface area contributed by atoms with Crippen molar-refractivity contribution in [2.45, 2.75) is 19.3 Å². The Hall–Kier alpha value is -0.0600. The van der Waals surface area contributed by atoms with Gasteiger partial charge in [0.25, 0.3) is 0 Å². The number of allylic oxidation sites excluding steroid dienone is 1. The zero-order valence-corrected chi connectivity index (χ0v) is 7.05. The monoisotopic (exact) mass is 238 g/mol. The minimum Gasteiger partial charge on any atom is -0.431 e. The molecule has 1 fully saturated rings. The van der Waals surface area contributed by atoms with Crippen LogP contribution >= 0.6 is 22.6 Å². The lowest BCUT2D eigenvalue weighted by atomic mass is 10.2. The maximum Gasteiger partial charge on any atom is 0.310 e. The highest BCUT2D eigenvalue weighted by Gasteiger charge is 2.12. The maximum atomic E-state index is 10.6.